The zero-order valence-electron chi connectivity index (χ0n) is 10.7. The molecule has 4 heteroatoms. The lowest BCUT2D eigenvalue weighted by molar-refractivity contribution is -0.518. The van der Waals surface area contributed by atoms with Crippen LogP contribution in [0.25, 0.3) is 0 Å². The van der Waals surface area contributed by atoms with E-state index in [0.717, 1.165) is 45.8 Å². The van der Waals surface area contributed by atoms with Gasteiger partial charge in [-0.2, -0.15) is 0 Å². The van der Waals surface area contributed by atoms with Crippen molar-refractivity contribution in [3.05, 3.63) is 0 Å². The molecule has 1 aliphatic rings. The van der Waals surface area contributed by atoms with E-state index in [4.69, 9.17) is 0 Å². The molecule has 1 aliphatic heterocycles. The Morgan fingerprint density at radius 3 is 2.50 bits per heavy atom. The van der Waals surface area contributed by atoms with E-state index in [1.54, 1.807) is 0 Å². The maximum atomic E-state index is 4.05. The summed E-state index contributed by atoms with van der Waals surface area (Å²) in [6.07, 6.45) is 2.42. The van der Waals surface area contributed by atoms with Gasteiger partial charge < -0.3 is 15.5 Å². The van der Waals surface area contributed by atoms with Crippen molar-refractivity contribution in [1.29, 1.82) is 0 Å². The van der Waals surface area contributed by atoms with E-state index < -0.39 is 0 Å². The van der Waals surface area contributed by atoms with Crippen molar-refractivity contribution in [2.45, 2.75) is 12.8 Å². The summed E-state index contributed by atoms with van der Waals surface area (Å²) in [5.74, 6) is 0. The predicted octanol–water partition coefficient (Wildman–Crippen LogP) is -0.396. The maximum absolute atomic E-state index is 4.05. The molecule has 0 aromatic carbocycles. The molecule has 16 heavy (non-hydrogen) atoms. The molecule has 1 heterocycles. The Morgan fingerprint density at radius 2 is 1.69 bits per heavy atom. The zero-order valence-corrected chi connectivity index (χ0v) is 10.7. The first-order valence-electron chi connectivity index (χ1n) is 6.44. The minimum Gasteiger partial charge on any atom is -0.315 e. The maximum Gasteiger partial charge on any atom is 0.154 e. The summed E-state index contributed by atoms with van der Waals surface area (Å²) in [7, 11) is 2.20. The van der Waals surface area contributed by atoms with Crippen LogP contribution in [0.3, 0.4) is 0 Å². The van der Waals surface area contributed by atoms with Gasteiger partial charge >= 0.3 is 0 Å². The van der Waals surface area contributed by atoms with E-state index in [0.29, 0.717) is 0 Å². The highest BCUT2D eigenvalue weighted by molar-refractivity contribution is 5.14. The topological polar surface area (TPSA) is 30.3 Å². The van der Waals surface area contributed by atoms with Crippen LogP contribution in [0.2, 0.25) is 0 Å². The fraction of sp³-hybridized carbons (Fsp3) is 0.917. The normalized spacial score (nSPS) is 23.9. The van der Waals surface area contributed by atoms with Gasteiger partial charge in [-0.05, 0) is 26.6 Å². The van der Waals surface area contributed by atoms with Crippen molar-refractivity contribution in [3.8, 4) is 0 Å². The minimum absolute atomic E-state index is 1.05. The molecule has 1 fully saturated rings. The molecule has 94 valence electrons. The number of likely N-dealkylation sites (N-methyl/N-ethyl adjacent to an activating group) is 1. The van der Waals surface area contributed by atoms with Gasteiger partial charge in [0.15, 0.2) is 6.54 Å². The molecule has 0 radical (unpaired) electrons. The molecule has 4 nitrogen and oxygen atoms in total. The van der Waals surface area contributed by atoms with E-state index >= 15 is 0 Å². The number of nitrogens with zero attached hydrogens (tertiary/aromatic N) is 2. The molecule has 1 rings (SSSR count). The largest absolute Gasteiger partial charge is 0.315 e. The summed E-state index contributed by atoms with van der Waals surface area (Å²) < 4.78 is 2.17. The smallest absolute Gasteiger partial charge is 0.154 e. The van der Waals surface area contributed by atoms with E-state index in [9.17, 15) is 0 Å². The second kappa shape index (κ2) is 8.67. The van der Waals surface area contributed by atoms with Crippen LogP contribution in [0.15, 0.2) is 0 Å². The lowest BCUT2D eigenvalue weighted by Gasteiger charge is -2.17. The fourth-order valence-electron chi connectivity index (χ4n) is 1.88. The Bertz CT molecular complexity index is 193. The third kappa shape index (κ3) is 6.93. The van der Waals surface area contributed by atoms with Gasteiger partial charge in [0.1, 0.15) is 13.3 Å². The molecule has 0 saturated carbocycles. The standard InChI is InChI=1S/C12H27N4/c1-15-9-4-10-16(2)12-8-14-6-3-5-13-7-11-15/h13-14H,1,3-12H2,2H3/q+1. The number of hydrogen-bond donors (Lipinski definition) is 2. The second-order valence-electron chi connectivity index (χ2n) is 4.63. The second-order valence-corrected chi connectivity index (χ2v) is 4.63. The summed E-state index contributed by atoms with van der Waals surface area (Å²) in [6.45, 7) is 12.9. The molecule has 1 saturated heterocycles. The molecular weight excluding hydrogens is 200 g/mol. The molecule has 0 unspecified atom stereocenters. The van der Waals surface area contributed by atoms with Crippen molar-refractivity contribution in [2.24, 2.45) is 0 Å². The molecule has 0 aliphatic carbocycles. The summed E-state index contributed by atoms with van der Waals surface area (Å²) in [5, 5.41) is 6.92. The first-order valence-corrected chi connectivity index (χ1v) is 6.44. The predicted molar refractivity (Wildman–Crippen MR) is 69.6 cm³/mol. The summed E-state index contributed by atoms with van der Waals surface area (Å²) >= 11 is 0. The summed E-state index contributed by atoms with van der Waals surface area (Å²) in [6, 6.07) is 0. The molecule has 2 N–H and O–H groups in total. The van der Waals surface area contributed by atoms with Crippen LogP contribution in [-0.2, 0) is 0 Å². The van der Waals surface area contributed by atoms with Gasteiger partial charge in [0.25, 0.3) is 0 Å². The zero-order chi connectivity index (χ0) is 11.6. The van der Waals surface area contributed by atoms with Crippen LogP contribution in [-0.4, -0.2) is 75.6 Å². The van der Waals surface area contributed by atoms with Crippen molar-refractivity contribution in [2.75, 3.05) is 59.4 Å². The number of rotatable bonds is 0. The first kappa shape index (κ1) is 13.6. The molecule has 0 spiro atoms. The van der Waals surface area contributed by atoms with Gasteiger partial charge in [-0.3, -0.25) is 0 Å². The highest BCUT2D eigenvalue weighted by Gasteiger charge is 2.04. The third-order valence-electron chi connectivity index (χ3n) is 3.00. The summed E-state index contributed by atoms with van der Waals surface area (Å²) in [4.78, 5) is 2.39. The van der Waals surface area contributed by atoms with Gasteiger partial charge in [0.05, 0.1) is 6.54 Å². The number of hydrogen-bond acceptors (Lipinski definition) is 3. The van der Waals surface area contributed by atoms with Crippen LogP contribution in [0, 0.1) is 0 Å². The third-order valence-corrected chi connectivity index (χ3v) is 3.00. The van der Waals surface area contributed by atoms with E-state index in [2.05, 4.69) is 33.9 Å². The van der Waals surface area contributed by atoms with E-state index in [1.165, 1.54) is 19.4 Å². The highest BCUT2D eigenvalue weighted by atomic mass is 15.1. The van der Waals surface area contributed by atoms with Gasteiger partial charge in [-0.25, -0.2) is 4.58 Å². The van der Waals surface area contributed by atoms with Crippen LogP contribution in [0.4, 0.5) is 0 Å². The van der Waals surface area contributed by atoms with Gasteiger partial charge in [-0.1, -0.05) is 0 Å². The number of nitrogens with one attached hydrogen (secondary N) is 2. The minimum atomic E-state index is 1.05. The Morgan fingerprint density at radius 1 is 0.938 bits per heavy atom. The molecule has 0 aromatic rings. The first-order chi connectivity index (χ1) is 7.79. The van der Waals surface area contributed by atoms with Crippen molar-refractivity contribution in [1.82, 2.24) is 15.5 Å². The Labute approximate surface area is 99.7 Å². The van der Waals surface area contributed by atoms with Crippen LogP contribution in [0.1, 0.15) is 12.8 Å². The fourth-order valence-corrected chi connectivity index (χ4v) is 1.88. The van der Waals surface area contributed by atoms with E-state index in [1.807, 2.05) is 0 Å². The quantitative estimate of drug-likeness (QED) is 0.552. The summed E-state index contributed by atoms with van der Waals surface area (Å²) in [5.41, 5.74) is 0. The Hall–Kier alpha value is -0.450. The molecule has 0 atom stereocenters. The van der Waals surface area contributed by atoms with Crippen molar-refractivity contribution in [3.63, 3.8) is 0 Å². The average molecular weight is 227 g/mol. The molecule has 0 aromatic heterocycles. The van der Waals surface area contributed by atoms with Crippen LogP contribution < -0.4 is 10.6 Å². The van der Waals surface area contributed by atoms with Crippen LogP contribution in [0.5, 0.6) is 0 Å². The lowest BCUT2D eigenvalue weighted by Crippen LogP contribution is -2.34. The monoisotopic (exact) mass is 227 g/mol. The van der Waals surface area contributed by atoms with Crippen molar-refractivity contribution >= 4 is 6.72 Å². The van der Waals surface area contributed by atoms with Gasteiger partial charge in [0, 0.05) is 26.1 Å². The lowest BCUT2D eigenvalue weighted by atomic mass is 10.3. The van der Waals surface area contributed by atoms with Gasteiger partial charge in [0.2, 0.25) is 0 Å². The highest BCUT2D eigenvalue weighted by Crippen LogP contribution is 1.88. The van der Waals surface area contributed by atoms with E-state index in [-0.39, 0.29) is 0 Å². The Kier molecular flexibility index (Phi) is 7.38. The Balaban J connectivity index is 2.22. The molecule has 0 bridgehead atoms. The average Bonchev–Trinajstić information content (AvgIpc) is 2.26. The van der Waals surface area contributed by atoms with Gasteiger partial charge in [-0.15, -0.1) is 0 Å². The molecule has 0 amide bonds. The van der Waals surface area contributed by atoms with Crippen molar-refractivity contribution < 1.29 is 4.58 Å². The van der Waals surface area contributed by atoms with Crippen LogP contribution >= 0.6 is 0 Å². The SMILES string of the molecule is C=[N+]1CCCN(C)CCNCCCNCC1. The molecular formula is C12H27N4+.